The van der Waals surface area contributed by atoms with Crippen molar-refractivity contribution in [3.05, 3.63) is 70.8 Å². The van der Waals surface area contributed by atoms with Crippen molar-refractivity contribution in [1.82, 2.24) is 5.32 Å². The van der Waals surface area contributed by atoms with E-state index in [4.69, 9.17) is 0 Å². The van der Waals surface area contributed by atoms with Crippen molar-refractivity contribution < 1.29 is 0 Å². The van der Waals surface area contributed by atoms with E-state index in [1.54, 1.807) is 0 Å². The molecule has 2 aromatic carbocycles. The van der Waals surface area contributed by atoms with Gasteiger partial charge >= 0.3 is 0 Å². The van der Waals surface area contributed by atoms with E-state index in [2.05, 4.69) is 67.7 Å². The van der Waals surface area contributed by atoms with Gasteiger partial charge in [0.1, 0.15) is 0 Å². The maximum atomic E-state index is 3.98. The van der Waals surface area contributed by atoms with Crippen LogP contribution in [0.2, 0.25) is 0 Å². The molecular formula is C20H23N. The zero-order valence-corrected chi connectivity index (χ0v) is 12.9. The predicted octanol–water partition coefficient (Wildman–Crippen LogP) is 4.59. The summed E-state index contributed by atoms with van der Waals surface area (Å²) in [6.45, 7) is 4.79. The van der Waals surface area contributed by atoms with Crippen LogP contribution in [0.25, 0.3) is 0 Å². The Morgan fingerprint density at radius 1 is 0.905 bits per heavy atom. The summed E-state index contributed by atoms with van der Waals surface area (Å²) in [7, 11) is 0. The standard InChI is InChI=1S/C20H23N/c1-20(2)13-15-8-4-6-10-17(15)19(20)21-18-12-11-14-7-3-5-9-16(14)18/h3-10,18-19,21H,11-13H2,1-2H3. The normalized spacial score (nSPS) is 25.6. The molecule has 4 rings (SSSR count). The minimum absolute atomic E-state index is 0.293. The van der Waals surface area contributed by atoms with E-state index < -0.39 is 0 Å². The molecule has 0 saturated heterocycles. The highest BCUT2D eigenvalue weighted by Crippen LogP contribution is 2.47. The fourth-order valence-electron chi connectivity index (χ4n) is 4.24. The van der Waals surface area contributed by atoms with Gasteiger partial charge in [-0.1, -0.05) is 62.4 Å². The van der Waals surface area contributed by atoms with Crippen molar-refractivity contribution >= 4 is 0 Å². The van der Waals surface area contributed by atoms with Gasteiger partial charge in [0, 0.05) is 12.1 Å². The molecule has 0 amide bonds. The van der Waals surface area contributed by atoms with Crippen LogP contribution in [0.3, 0.4) is 0 Å². The zero-order valence-electron chi connectivity index (χ0n) is 12.9. The third-order valence-electron chi connectivity index (χ3n) is 5.29. The summed E-state index contributed by atoms with van der Waals surface area (Å²) in [5, 5.41) is 3.98. The lowest BCUT2D eigenvalue weighted by Crippen LogP contribution is -2.33. The first-order chi connectivity index (χ1) is 10.1. The van der Waals surface area contributed by atoms with E-state index in [0.29, 0.717) is 17.5 Å². The Morgan fingerprint density at radius 3 is 2.38 bits per heavy atom. The van der Waals surface area contributed by atoms with E-state index in [9.17, 15) is 0 Å². The van der Waals surface area contributed by atoms with E-state index >= 15 is 0 Å². The van der Waals surface area contributed by atoms with E-state index in [1.165, 1.54) is 41.5 Å². The quantitative estimate of drug-likeness (QED) is 0.846. The number of nitrogens with one attached hydrogen (secondary N) is 1. The summed E-state index contributed by atoms with van der Waals surface area (Å²) < 4.78 is 0. The number of fused-ring (bicyclic) bond motifs is 2. The first-order valence-corrected chi connectivity index (χ1v) is 8.07. The summed E-state index contributed by atoms with van der Waals surface area (Å²) in [6.07, 6.45) is 3.62. The zero-order chi connectivity index (χ0) is 14.4. The Bertz CT molecular complexity index is 671. The second-order valence-electron chi connectivity index (χ2n) is 7.25. The van der Waals surface area contributed by atoms with Crippen LogP contribution in [0, 0.1) is 5.41 Å². The van der Waals surface area contributed by atoms with Gasteiger partial charge in [0.2, 0.25) is 0 Å². The molecule has 0 heterocycles. The van der Waals surface area contributed by atoms with E-state index in [1.807, 2.05) is 0 Å². The van der Waals surface area contributed by atoms with Crippen LogP contribution in [-0.2, 0) is 12.8 Å². The summed E-state index contributed by atoms with van der Waals surface area (Å²) in [5.41, 5.74) is 6.36. The third kappa shape index (κ3) is 2.11. The Kier molecular flexibility index (Phi) is 2.93. The van der Waals surface area contributed by atoms with Gasteiger partial charge in [-0.15, -0.1) is 0 Å². The average molecular weight is 277 g/mol. The molecule has 2 atom stereocenters. The van der Waals surface area contributed by atoms with Gasteiger partial charge in [-0.2, -0.15) is 0 Å². The number of benzene rings is 2. The van der Waals surface area contributed by atoms with Crippen LogP contribution < -0.4 is 5.32 Å². The smallest absolute Gasteiger partial charge is 0.0382 e. The molecule has 1 heteroatoms. The van der Waals surface area contributed by atoms with Gasteiger partial charge in [-0.3, -0.25) is 0 Å². The highest BCUT2D eigenvalue weighted by Gasteiger charge is 2.40. The van der Waals surface area contributed by atoms with Crippen LogP contribution in [0.5, 0.6) is 0 Å². The van der Waals surface area contributed by atoms with Crippen molar-refractivity contribution in [3.63, 3.8) is 0 Å². The third-order valence-corrected chi connectivity index (χ3v) is 5.29. The highest BCUT2D eigenvalue weighted by molar-refractivity contribution is 5.39. The van der Waals surface area contributed by atoms with Crippen LogP contribution >= 0.6 is 0 Å². The van der Waals surface area contributed by atoms with E-state index in [-0.39, 0.29) is 0 Å². The van der Waals surface area contributed by atoms with Crippen molar-refractivity contribution in [3.8, 4) is 0 Å². The molecule has 0 radical (unpaired) electrons. The van der Waals surface area contributed by atoms with Gasteiger partial charge in [0.25, 0.3) is 0 Å². The maximum absolute atomic E-state index is 3.98. The number of aryl methyl sites for hydroxylation is 1. The van der Waals surface area contributed by atoms with E-state index in [0.717, 1.165) is 0 Å². The Balaban J connectivity index is 1.66. The van der Waals surface area contributed by atoms with Crippen molar-refractivity contribution in [1.29, 1.82) is 0 Å². The van der Waals surface area contributed by atoms with Crippen LogP contribution in [0.1, 0.15) is 54.6 Å². The molecule has 2 aliphatic carbocycles. The molecule has 0 aliphatic heterocycles. The van der Waals surface area contributed by atoms with Gasteiger partial charge in [-0.25, -0.2) is 0 Å². The predicted molar refractivity (Wildman–Crippen MR) is 87.3 cm³/mol. The molecule has 0 aromatic heterocycles. The first kappa shape index (κ1) is 13.1. The van der Waals surface area contributed by atoms with Gasteiger partial charge in [-0.05, 0) is 46.9 Å². The van der Waals surface area contributed by atoms with Crippen LogP contribution in [-0.4, -0.2) is 0 Å². The number of hydrogen-bond donors (Lipinski definition) is 1. The monoisotopic (exact) mass is 277 g/mol. The van der Waals surface area contributed by atoms with Gasteiger partial charge < -0.3 is 5.32 Å². The molecule has 0 spiro atoms. The molecule has 2 aromatic rings. The largest absolute Gasteiger partial charge is 0.303 e. The summed E-state index contributed by atoms with van der Waals surface area (Å²) in [4.78, 5) is 0. The molecule has 0 saturated carbocycles. The van der Waals surface area contributed by atoms with Gasteiger partial charge in [0.05, 0.1) is 0 Å². The summed E-state index contributed by atoms with van der Waals surface area (Å²) >= 11 is 0. The SMILES string of the molecule is CC1(C)Cc2ccccc2C1NC1CCc2ccccc21. The van der Waals surface area contributed by atoms with Crippen LogP contribution in [0.4, 0.5) is 0 Å². The van der Waals surface area contributed by atoms with Crippen molar-refractivity contribution in [2.45, 2.75) is 45.2 Å². The topological polar surface area (TPSA) is 12.0 Å². The molecule has 1 N–H and O–H groups in total. The Labute approximate surface area is 127 Å². The summed E-state index contributed by atoms with van der Waals surface area (Å²) in [6, 6.07) is 18.8. The molecule has 108 valence electrons. The second kappa shape index (κ2) is 4.71. The molecule has 1 nitrogen and oxygen atoms in total. The van der Waals surface area contributed by atoms with Crippen LogP contribution in [0.15, 0.2) is 48.5 Å². The molecule has 0 bridgehead atoms. The maximum Gasteiger partial charge on any atom is 0.0382 e. The lowest BCUT2D eigenvalue weighted by Gasteiger charge is -2.31. The lowest BCUT2D eigenvalue weighted by molar-refractivity contribution is 0.247. The minimum Gasteiger partial charge on any atom is -0.303 e. The van der Waals surface area contributed by atoms with Crippen molar-refractivity contribution in [2.24, 2.45) is 5.41 Å². The highest BCUT2D eigenvalue weighted by atomic mass is 15.0. The molecule has 2 aliphatic rings. The first-order valence-electron chi connectivity index (χ1n) is 8.07. The molecular weight excluding hydrogens is 254 g/mol. The number of rotatable bonds is 2. The Morgan fingerprint density at radius 2 is 1.57 bits per heavy atom. The molecule has 0 fully saturated rings. The lowest BCUT2D eigenvalue weighted by atomic mass is 9.84. The minimum atomic E-state index is 0.293. The second-order valence-corrected chi connectivity index (χ2v) is 7.25. The average Bonchev–Trinajstić information content (AvgIpc) is 2.99. The van der Waals surface area contributed by atoms with Crippen molar-refractivity contribution in [2.75, 3.05) is 0 Å². The van der Waals surface area contributed by atoms with Gasteiger partial charge in [0.15, 0.2) is 0 Å². The fourth-order valence-corrected chi connectivity index (χ4v) is 4.24. The summed E-state index contributed by atoms with van der Waals surface area (Å²) in [5.74, 6) is 0. The Hall–Kier alpha value is -1.60. The fraction of sp³-hybridized carbons (Fsp3) is 0.400. The molecule has 2 unspecified atom stereocenters. The molecule has 21 heavy (non-hydrogen) atoms. The number of hydrogen-bond acceptors (Lipinski definition) is 1.